The Morgan fingerprint density at radius 3 is 1.83 bits per heavy atom. The van der Waals surface area contributed by atoms with Gasteiger partial charge in [-0.05, 0) is 6.42 Å². The van der Waals surface area contributed by atoms with Crippen LogP contribution in [0.4, 0.5) is 0 Å². The summed E-state index contributed by atoms with van der Waals surface area (Å²) in [5, 5.41) is 0. The summed E-state index contributed by atoms with van der Waals surface area (Å²) in [6, 6.07) is 0. The first kappa shape index (κ1) is 20.9. The summed E-state index contributed by atoms with van der Waals surface area (Å²) in [4.78, 5) is 0. The normalized spacial score (nSPS) is 13.1. The summed E-state index contributed by atoms with van der Waals surface area (Å²) in [5.41, 5.74) is 3.00. The van der Waals surface area contributed by atoms with Gasteiger partial charge in [0.15, 0.2) is 0 Å². The first-order valence-corrected chi connectivity index (χ1v) is 7.97. The van der Waals surface area contributed by atoms with Gasteiger partial charge >= 0.3 is 18.9 Å². The number of halogens is 1. The van der Waals surface area contributed by atoms with Crippen molar-refractivity contribution in [3.05, 3.63) is 21.7 Å². The second-order valence-corrected chi connectivity index (χ2v) is 5.50. The quantitative estimate of drug-likeness (QED) is 0.347. The van der Waals surface area contributed by atoms with Crippen LogP contribution >= 0.6 is 15.9 Å². The second kappa shape index (κ2) is 14.0. The zero-order valence-corrected chi connectivity index (χ0v) is 14.6. The van der Waals surface area contributed by atoms with Crippen LogP contribution in [0.1, 0.15) is 79.1 Å². The van der Waals surface area contributed by atoms with Gasteiger partial charge in [-0.25, -0.2) is 5.57 Å². The predicted octanol–water partition coefficient (Wildman–Crippen LogP) is 3.57. The van der Waals surface area contributed by atoms with Crippen LogP contribution in [0.2, 0.25) is 0 Å². The van der Waals surface area contributed by atoms with E-state index in [0.717, 1.165) is 12.8 Å². The van der Waals surface area contributed by atoms with Crippen molar-refractivity contribution in [2.24, 2.45) is 0 Å². The van der Waals surface area contributed by atoms with Crippen molar-refractivity contribution in [3.8, 4) is 0 Å². The van der Waals surface area contributed by atoms with E-state index >= 15 is 0 Å². The van der Waals surface area contributed by atoms with Gasteiger partial charge < -0.3 is 0 Å². The van der Waals surface area contributed by atoms with Crippen molar-refractivity contribution < 1.29 is 18.9 Å². The van der Waals surface area contributed by atoms with Crippen molar-refractivity contribution in [2.75, 3.05) is 0 Å². The Bertz CT molecular complexity index is 254. The summed E-state index contributed by atoms with van der Waals surface area (Å²) < 4.78 is 1.41. The minimum atomic E-state index is 0. The van der Waals surface area contributed by atoms with Crippen LogP contribution in [0.3, 0.4) is 0 Å². The molecule has 0 aliphatic heterocycles. The Morgan fingerprint density at radius 2 is 1.39 bits per heavy atom. The molecule has 2 heteroatoms. The number of hydrogen-bond donors (Lipinski definition) is 0. The molecule has 0 aliphatic rings. The largest absolute Gasteiger partial charge is 1.00 e. The van der Waals surface area contributed by atoms with E-state index in [1.54, 1.807) is 0 Å². The van der Waals surface area contributed by atoms with E-state index in [2.05, 4.69) is 49.7 Å². The molecule has 0 aliphatic carbocycles. The van der Waals surface area contributed by atoms with Gasteiger partial charge in [-0.3, -0.25) is 6.08 Å². The molecule has 0 amide bonds. The molecule has 0 N–H and O–H groups in total. The third-order valence-electron chi connectivity index (χ3n) is 2.75. The molecular weight excluding hydrogens is 279 g/mol. The van der Waals surface area contributed by atoms with Crippen LogP contribution in [0.25, 0.3) is 0 Å². The van der Waals surface area contributed by atoms with Gasteiger partial charge in [0.05, 0.1) is 0 Å². The molecule has 0 bridgehead atoms. The van der Waals surface area contributed by atoms with Crippen LogP contribution in [0.15, 0.2) is 15.6 Å². The minimum absolute atomic E-state index is 0. The molecule has 0 saturated carbocycles. The Hall–Kier alpha value is 0.557. The molecule has 0 saturated heterocycles. The number of allylic oxidation sites excluding steroid dienone is 4. The molecule has 0 fully saturated rings. The molecule has 0 atom stereocenters. The first-order valence-electron chi connectivity index (χ1n) is 7.18. The Balaban J connectivity index is 0. The number of unbranched alkanes of at least 4 members (excludes halogenated alkanes) is 1. The summed E-state index contributed by atoms with van der Waals surface area (Å²) >= 11 is 3.79. The standard InChI is InChI=1S/C16H28Br.Li/c1-5-9-13-14(10-6-2)15(11-7-3)16(17)12-8-4;/h5-12H2,1-4H3;/q-1;+1/b16-15-;. The molecule has 0 unspecified atom stereocenters. The maximum atomic E-state index is 3.79. The van der Waals surface area contributed by atoms with Gasteiger partial charge in [0, 0.05) is 0 Å². The molecule has 0 aromatic heterocycles. The molecule has 100 valence electrons. The molecule has 0 spiro atoms. The van der Waals surface area contributed by atoms with Gasteiger partial charge in [-0.1, -0.05) is 86.6 Å². The fourth-order valence-corrected chi connectivity index (χ4v) is 2.78. The second-order valence-electron chi connectivity index (χ2n) is 4.54. The average Bonchev–Trinajstić information content (AvgIpc) is 2.32. The molecule has 0 aromatic carbocycles. The van der Waals surface area contributed by atoms with Crippen molar-refractivity contribution in [1.82, 2.24) is 0 Å². The van der Waals surface area contributed by atoms with E-state index in [1.807, 2.05) is 0 Å². The van der Waals surface area contributed by atoms with E-state index in [4.69, 9.17) is 0 Å². The SMILES string of the molecule is CCC[C-]=C(CCC)/C(CCC)=C(\Br)CCC.[Li+]. The van der Waals surface area contributed by atoms with Gasteiger partial charge in [0.1, 0.15) is 0 Å². The first-order chi connectivity index (χ1) is 8.21. The topological polar surface area (TPSA) is 0 Å². The van der Waals surface area contributed by atoms with Crippen LogP contribution < -0.4 is 18.9 Å². The van der Waals surface area contributed by atoms with E-state index < -0.39 is 0 Å². The number of rotatable bonds is 9. The Labute approximate surface area is 135 Å². The van der Waals surface area contributed by atoms with Gasteiger partial charge in [0.2, 0.25) is 0 Å². The van der Waals surface area contributed by atoms with Crippen molar-refractivity contribution >= 4 is 15.9 Å². The van der Waals surface area contributed by atoms with Crippen LogP contribution in [-0.2, 0) is 0 Å². The Morgan fingerprint density at radius 1 is 0.833 bits per heavy atom. The van der Waals surface area contributed by atoms with Crippen molar-refractivity contribution in [2.45, 2.75) is 79.1 Å². The van der Waals surface area contributed by atoms with Gasteiger partial charge in [0.25, 0.3) is 0 Å². The summed E-state index contributed by atoms with van der Waals surface area (Å²) in [7, 11) is 0. The van der Waals surface area contributed by atoms with Gasteiger partial charge in [-0.15, -0.1) is 6.42 Å². The van der Waals surface area contributed by atoms with Crippen LogP contribution in [-0.4, -0.2) is 0 Å². The maximum Gasteiger partial charge on any atom is 1.00 e. The third-order valence-corrected chi connectivity index (χ3v) is 3.62. The maximum absolute atomic E-state index is 3.79. The van der Waals surface area contributed by atoms with Crippen LogP contribution in [0, 0.1) is 6.08 Å². The van der Waals surface area contributed by atoms with Gasteiger partial charge in [-0.2, -0.15) is 5.57 Å². The monoisotopic (exact) mass is 306 g/mol. The summed E-state index contributed by atoms with van der Waals surface area (Å²) in [6.07, 6.45) is 13.1. The smallest absolute Gasteiger partial charge is 0.272 e. The summed E-state index contributed by atoms with van der Waals surface area (Å²) in [5.74, 6) is 0. The zero-order chi connectivity index (χ0) is 13.1. The average molecular weight is 307 g/mol. The van der Waals surface area contributed by atoms with E-state index in [9.17, 15) is 0 Å². The van der Waals surface area contributed by atoms with E-state index in [1.165, 1.54) is 54.2 Å². The molecule has 0 aromatic rings. The molecule has 0 rings (SSSR count). The summed E-state index contributed by atoms with van der Waals surface area (Å²) in [6.45, 7) is 8.98. The Kier molecular flexibility index (Phi) is 16.2. The van der Waals surface area contributed by atoms with Crippen molar-refractivity contribution in [1.29, 1.82) is 0 Å². The van der Waals surface area contributed by atoms with E-state index in [0.29, 0.717) is 0 Å². The van der Waals surface area contributed by atoms with E-state index in [-0.39, 0.29) is 18.9 Å². The third kappa shape index (κ3) is 8.62. The fraction of sp³-hybridized carbons (Fsp3) is 0.750. The predicted molar refractivity (Wildman–Crippen MR) is 82.3 cm³/mol. The van der Waals surface area contributed by atoms with Crippen LogP contribution in [0.5, 0.6) is 0 Å². The molecule has 0 radical (unpaired) electrons. The minimum Gasteiger partial charge on any atom is -0.272 e. The van der Waals surface area contributed by atoms with Crippen molar-refractivity contribution in [3.63, 3.8) is 0 Å². The molecule has 0 nitrogen and oxygen atoms in total. The molecule has 0 heterocycles. The zero-order valence-electron chi connectivity index (χ0n) is 13.0. The molecule has 18 heavy (non-hydrogen) atoms. The molecular formula is C16H28BrLi. The number of hydrogen-bond acceptors (Lipinski definition) is 0. The fourth-order valence-electron chi connectivity index (χ4n) is 1.94.